The zero-order valence-electron chi connectivity index (χ0n) is 10.9. The molecule has 2 aromatic rings. The number of carbonyl (C=O) groups excluding carboxylic acids is 1. The Bertz CT molecular complexity index is 571. The molecule has 0 radical (unpaired) electrons. The molecule has 3 nitrogen and oxygen atoms in total. The average molecular weight is 293 g/mol. The molecule has 0 N–H and O–H groups in total. The summed E-state index contributed by atoms with van der Waals surface area (Å²) >= 11 is 3.32. The van der Waals surface area contributed by atoms with Crippen LogP contribution in [-0.2, 0) is 9.53 Å². The molecule has 100 valence electrons. The molecule has 0 amide bonds. The van der Waals surface area contributed by atoms with Gasteiger partial charge in [0.1, 0.15) is 0 Å². The average Bonchev–Trinajstić information content (AvgIpc) is 2.85. The summed E-state index contributed by atoms with van der Waals surface area (Å²) < 4.78 is 6.94. The summed E-state index contributed by atoms with van der Waals surface area (Å²) in [7, 11) is 1.41. The fourth-order valence-corrected chi connectivity index (χ4v) is 3.63. The van der Waals surface area contributed by atoms with Gasteiger partial charge in [-0.15, -0.1) is 11.3 Å². The Morgan fingerprint density at radius 2 is 2.26 bits per heavy atom. The Hall–Kier alpha value is -1.33. The van der Waals surface area contributed by atoms with E-state index in [0.29, 0.717) is 6.42 Å². The van der Waals surface area contributed by atoms with Crippen LogP contribution < -0.4 is 0 Å². The monoisotopic (exact) mass is 293 g/mol. The third-order valence-corrected chi connectivity index (χ3v) is 4.75. The second kappa shape index (κ2) is 6.73. The molecule has 0 aliphatic carbocycles. The van der Waals surface area contributed by atoms with Crippen molar-refractivity contribution in [2.45, 2.75) is 17.7 Å². The Balaban J connectivity index is 2.02. The van der Waals surface area contributed by atoms with Crippen LogP contribution in [0.3, 0.4) is 0 Å². The van der Waals surface area contributed by atoms with Gasteiger partial charge in [0.05, 0.1) is 17.3 Å². The number of ether oxygens (including phenoxy) is 1. The number of fused-ring (bicyclic) bond motifs is 1. The standard InChI is InChI=1S/C14H15NO2S2/c1-3-10(13(16)17-2)8-9-18-14-15-11-6-4-5-7-12(11)19-14/h4-8H,3,9H2,1-2H3. The smallest absolute Gasteiger partial charge is 0.333 e. The lowest BCUT2D eigenvalue weighted by atomic mass is 10.2. The SMILES string of the molecule is CCC(=CCSc1nc2ccccc2s1)C(=O)OC. The highest BCUT2D eigenvalue weighted by Gasteiger charge is 2.07. The van der Waals surface area contributed by atoms with Crippen LogP contribution in [0.2, 0.25) is 0 Å². The minimum Gasteiger partial charge on any atom is -0.466 e. The molecule has 1 heterocycles. The number of esters is 1. The van der Waals surface area contributed by atoms with Crippen molar-refractivity contribution in [3.05, 3.63) is 35.9 Å². The van der Waals surface area contributed by atoms with Crippen LogP contribution in [0.25, 0.3) is 10.2 Å². The summed E-state index contributed by atoms with van der Waals surface area (Å²) in [6, 6.07) is 8.08. The van der Waals surface area contributed by atoms with E-state index in [1.54, 1.807) is 23.1 Å². The molecule has 0 unspecified atom stereocenters. The number of hydrogen-bond donors (Lipinski definition) is 0. The number of thioether (sulfide) groups is 1. The number of nitrogens with zero attached hydrogens (tertiary/aromatic N) is 1. The van der Waals surface area contributed by atoms with Gasteiger partial charge >= 0.3 is 5.97 Å². The summed E-state index contributed by atoms with van der Waals surface area (Å²) in [6.07, 6.45) is 2.61. The molecule has 0 bridgehead atoms. The molecule has 0 saturated heterocycles. The Labute approximate surface area is 120 Å². The van der Waals surface area contributed by atoms with Gasteiger partial charge < -0.3 is 4.74 Å². The van der Waals surface area contributed by atoms with E-state index >= 15 is 0 Å². The van der Waals surface area contributed by atoms with Crippen molar-refractivity contribution in [3.63, 3.8) is 0 Å². The molecule has 0 atom stereocenters. The van der Waals surface area contributed by atoms with Crippen LogP contribution in [0, 0.1) is 0 Å². The molecular weight excluding hydrogens is 278 g/mol. The van der Waals surface area contributed by atoms with Crippen molar-refractivity contribution in [1.29, 1.82) is 0 Å². The van der Waals surface area contributed by atoms with Crippen LogP contribution in [0.15, 0.2) is 40.3 Å². The lowest BCUT2D eigenvalue weighted by Gasteiger charge is -2.01. The molecule has 1 aromatic heterocycles. The lowest BCUT2D eigenvalue weighted by Crippen LogP contribution is -2.04. The molecule has 0 saturated carbocycles. The maximum Gasteiger partial charge on any atom is 0.333 e. The van der Waals surface area contributed by atoms with Gasteiger partial charge in [0, 0.05) is 11.3 Å². The molecule has 0 spiro atoms. The number of rotatable bonds is 5. The first-order valence-electron chi connectivity index (χ1n) is 6.00. The molecule has 2 rings (SSSR count). The van der Waals surface area contributed by atoms with Crippen molar-refractivity contribution in [2.24, 2.45) is 0 Å². The predicted octanol–water partition coefficient (Wildman–Crippen LogP) is 3.90. The van der Waals surface area contributed by atoms with Gasteiger partial charge in [-0.25, -0.2) is 9.78 Å². The van der Waals surface area contributed by atoms with E-state index in [4.69, 9.17) is 4.74 Å². The minimum absolute atomic E-state index is 0.243. The summed E-state index contributed by atoms with van der Waals surface area (Å²) in [5, 5.41) is 0. The van der Waals surface area contributed by atoms with Gasteiger partial charge in [-0.3, -0.25) is 0 Å². The number of aromatic nitrogens is 1. The third kappa shape index (κ3) is 3.58. The second-order valence-electron chi connectivity index (χ2n) is 3.83. The highest BCUT2D eigenvalue weighted by molar-refractivity contribution is 8.01. The predicted molar refractivity (Wildman–Crippen MR) is 80.7 cm³/mol. The van der Waals surface area contributed by atoms with E-state index in [9.17, 15) is 4.79 Å². The maximum atomic E-state index is 11.4. The zero-order chi connectivity index (χ0) is 13.7. The molecular formula is C14H15NO2S2. The number of thiazole rings is 1. The molecule has 0 aliphatic rings. The number of hydrogen-bond acceptors (Lipinski definition) is 5. The number of methoxy groups -OCH3 is 1. The fourth-order valence-electron chi connectivity index (χ4n) is 1.63. The second-order valence-corrected chi connectivity index (χ2v) is 6.13. The normalized spacial score (nSPS) is 11.8. The molecule has 5 heteroatoms. The Kier molecular flexibility index (Phi) is 4.99. The lowest BCUT2D eigenvalue weighted by molar-refractivity contribution is -0.136. The largest absolute Gasteiger partial charge is 0.466 e. The van der Waals surface area contributed by atoms with E-state index < -0.39 is 0 Å². The zero-order valence-corrected chi connectivity index (χ0v) is 12.5. The number of para-hydroxylation sites is 1. The first kappa shape index (κ1) is 14.1. The molecule has 1 aromatic carbocycles. The Morgan fingerprint density at radius 1 is 1.47 bits per heavy atom. The van der Waals surface area contributed by atoms with Gasteiger partial charge in [0.2, 0.25) is 0 Å². The van der Waals surface area contributed by atoms with Crippen molar-refractivity contribution < 1.29 is 9.53 Å². The number of carbonyl (C=O) groups is 1. The summed E-state index contributed by atoms with van der Waals surface area (Å²) in [5.41, 5.74) is 1.75. The van der Waals surface area contributed by atoms with Crippen molar-refractivity contribution in [3.8, 4) is 0 Å². The summed E-state index contributed by atoms with van der Waals surface area (Å²) in [4.78, 5) is 15.9. The van der Waals surface area contributed by atoms with E-state index in [2.05, 4.69) is 11.1 Å². The topological polar surface area (TPSA) is 39.2 Å². The van der Waals surface area contributed by atoms with Crippen molar-refractivity contribution in [1.82, 2.24) is 4.98 Å². The quantitative estimate of drug-likeness (QED) is 0.476. The first-order chi connectivity index (χ1) is 9.24. The molecule has 19 heavy (non-hydrogen) atoms. The van der Waals surface area contributed by atoms with Gasteiger partial charge in [0.25, 0.3) is 0 Å². The van der Waals surface area contributed by atoms with Crippen molar-refractivity contribution >= 4 is 39.3 Å². The van der Waals surface area contributed by atoms with E-state index in [0.717, 1.165) is 21.2 Å². The van der Waals surface area contributed by atoms with Crippen LogP contribution in [0.4, 0.5) is 0 Å². The summed E-state index contributed by atoms with van der Waals surface area (Å²) in [5.74, 6) is 0.491. The maximum absolute atomic E-state index is 11.4. The van der Waals surface area contributed by atoms with E-state index in [1.165, 1.54) is 11.8 Å². The van der Waals surface area contributed by atoms with Crippen LogP contribution >= 0.6 is 23.1 Å². The molecule has 0 fully saturated rings. The number of benzene rings is 1. The Morgan fingerprint density at radius 3 is 2.95 bits per heavy atom. The van der Waals surface area contributed by atoms with Gasteiger partial charge in [-0.1, -0.05) is 36.9 Å². The highest BCUT2D eigenvalue weighted by Crippen LogP contribution is 2.29. The van der Waals surface area contributed by atoms with Crippen LogP contribution in [-0.4, -0.2) is 23.8 Å². The van der Waals surface area contributed by atoms with Gasteiger partial charge in [-0.05, 0) is 18.6 Å². The molecule has 0 aliphatic heterocycles. The third-order valence-electron chi connectivity index (χ3n) is 2.64. The fraction of sp³-hybridized carbons (Fsp3) is 0.286. The highest BCUT2D eigenvalue weighted by atomic mass is 32.2. The van der Waals surface area contributed by atoms with Crippen molar-refractivity contribution in [2.75, 3.05) is 12.9 Å². The van der Waals surface area contributed by atoms with Gasteiger partial charge in [-0.2, -0.15) is 0 Å². The first-order valence-corrected chi connectivity index (χ1v) is 7.80. The summed E-state index contributed by atoms with van der Waals surface area (Å²) in [6.45, 7) is 1.95. The van der Waals surface area contributed by atoms with Gasteiger partial charge in [0.15, 0.2) is 4.34 Å². The van der Waals surface area contributed by atoms with E-state index in [1.807, 2.05) is 31.2 Å². The minimum atomic E-state index is -0.243. The van der Waals surface area contributed by atoms with Crippen LogP contribution in [0.5, 0.6) is 0 Å². The van der Waals surface area contributed by atoms with E-state index in [-0.39, 0.29) is 5.97 Å². The van der Waals surface area contributed by atoms with Crippen LogP contribution in [0.1, 0.15) is 13.3 Å².